The largest absolute Gasteiger partial charge is 0.327 e. The Morgan fingerprint density at radius 3 is 1.76 bits per heavy atom. The molecule has 2 N–H and O–H groups in total. The molecule has 0 aliphatic heterocycles. The van der Waals surface area contributed by atoms with Crippen molar-refractivity contribution in [2.75, 3.05) is 0 Å². The van der Waals surface area contributed by atoms with Gasteiger partial charge < -0.3 is 5.73 Å². The summed E-state index contributed by atoms with van der Waals surface area (Å²) >= 11 is 0. The molecule has 17 heavy (non-hydrogen) atoms. The Bertz CT molecular complexity index is 540. The normalized spacial score (nSPS) is 28.6. The first kappa shape index (κ1) is 9.43. The third-order valence-electron chi connectivity index (χ3n) is 4.35. The third-order valence-corrected chi connectivity index (χ3v) is 4.35. The van der Waals surface area contributed by atoms with E-state index in [1.807, 2.05) is 0 Å². The van der Waals surface area contributed by atoms with Crippen LogP contribution in [0.1, 0.15) is 40.5 Å². The van der Waals surface area contributed by atoms with Crippen LogP contribution in [-0.2, 0) is 0 Å². The van der Waals surface area contributed by atoms with Gasteiger partial charge in [-0.25, -0.2) is 0 Å². The molecule has 1 nitrogen and oxygen atoms in total. The van der Waals surface area contributed by atoms with Gasteiger partial charge in [0, 0.05) is 17.9 Å². The van der Waals surface area contributed by atoms with E-state index in [4.69, 9.17) is 5.73 Å². The fourth-order valence-electron chi connectivity index (χ4n) is 3.68. The van der Waals surface area contributed by atoms with E-state index >= 15 is 0 Å². The standard InChI is InChI=1S/C16H15N/c17-15-9-14-10-5-1-3-7-12(10)16(15)13-8-4-2-6-11(13)14/h1-8,14-16H,9,17H2/t14?,15-,16?/m1/s1. The lowest BCUT2D eigenvalue weighted by molar-refractivity contribution is 0.447. The molecule has 0 spiro atoms. The lowest BCUT2D eigenvalue weighted by Gasteiger charge is -2.44. The monoisotopic (exact) mass is 221 g/mol. The van der Waals surface area contributed by atoms with Crippen LogP contribution >= 0.6 is 0 Å². The second-order valence-electron chi connectivity index (χ2n) is 5.19. The van der Waals surface area contributed by atoms with Crippen molar-refractivity contribution in [3.05, 3.63) is 70.8 Å². The van der Waals surface area contributed by atoms with Crippen molar-refractivity contribution in [1.29, 1.82) is 0 Å². The summed E-state index contributed by atoms with van der Waals surface area (Å²) in [6.07, 6.45) is 1.10. The highest BCUT2D eigenvalue weighted by Crippen LogP contribution is 2.51. The van der Waals surface area contributed by atoms with Crippen molar-refractivity contribution in [2.24, 2.45) is 5.73 Å². The first-order valence-corrected chi connectivity index (χ1v) is 6.29. The zero-order chi connectivity index (χ0) is 11.4. The molecule has 0 fully saturated rings. The van der Waals surface area contributed by atoms with Gasteiger partial charge in [-0.3, -0.25) is 0 Å². The summed E-state index contributed by atoms with van der Waals surface area (Å²) in [6.45, 7) is 0. The molecule has 1 heteroatoms. The Morgan fingerprint density at radius 1 is 0.765 bits per heavy atom. The molecular weight excluding hydrogens is 206 g/mol. The highest BCUT2D eigenvalue weighted by Gasteiger charge is 2.41. The average Bonchev–Trinajstić information content (AvgIpc) is 2.39. The molecule has 84 valence electrons. The van der Waals surface area contributed by atoms with E-state index in [1.54, 1.807) is 0 Å². The van der Waals surface area contributed by atoms with Crippen LogP contribution in [0.25, 0.3) is 0 Å². The number of benzene rings is 2. The molecule has 0 unspecified atom stereocenters. The Hall–Kier alpha value is -1.60. The molecule has 0 aromatic heterocycles. The smallest absolute Gasteiger partial charge is 0.0247 e. The highest BCUT2D eigenvalue weighted by atomic mass is 14.7. The Labute approximate surface area is 101 Å². The molecule has 5 rings (SSSR count). The summed E-state index contributed by atoms with van der Waals surface area (Å²) < 4.78 is 0. The van der Waals surface area contributed by atoms with Crippen molar-refractivity contribution in [3.8, 4) is 0 Å². The maximum absolute atomic E-state index is 6.35. The van der Waals surface area contributed by atoms with Crippen LogP contribution in [0.15, 0.2) is 48.5 Å². The van der Waals surface area contributed by atoms with E-state index in [-0.39, 0.29) is 6.04 Å². The van der Waals surface area contributed by atoms with Gasteiger partial charge in [0.15, 0.2) is 0 Å². The van der Waals surface area contributed by atoms with Gasteiger partial charge in [0.25, 0.3) is 0 Å². The molecule has 0 saturated heterocycles. The molecule has 2 bridgehead atoms. The molecule has 0 heterocycles. The summed E-state index contributed by atoms with van der Waals surface area (Å²) in [5, 5.41) is 0. The minimum atomic E-state index is 0.282. The van der Waals surface area contributed by atoms with Crippen LogP contribution in [0.4, 0.5) is 0 Å². The van der Waals surface area contributed by atoms with E-state index in [0.29, 0.717) is 11.8 Å². The van der Waals surface area contributed by atoms with Gasteiger partial charge in [-0.05, 0) is 28.7 Å². The highest BCUT2D eigenvalue weighted by molar-refractivity contribution is 5.56. The topological polar surface area (TPSA) is 26.0 Å². The molecule has 3 aliphatic rings. The number of fused-ring (bicyclic) bond motifs is 1. The lowest BCUT2D eigenvalue weighted by Crippen LogP contribution is -2.40. The Balaban J connectivity index is 2.04. The van der Waals surface area contributed by atoms with E-state index < -0.39 is 0 Å². The number of nitrogens with two attached hydrogens (primary N) is 1. The van der Waals surface area contributed by atoms with Crippen LogP contribution < -0.4 is 5.73 Å². The average molecular weight is 221 g/mol. The maximum atomic E-state index is 6.35. The second-order valence-corrected chi connectivity index (χ2v) is 5.19. The van der Waals surface area contributed by atoms with Crippen molar-refractivity contribution >= 4 is 0 Å². The molecule has 0 radical (unpaired) electrons. The summed E-state index contributed by atoms with van der Waals surface area (Å²) in [7, 11) is 0. The van der Waals surface area contributed by atoms with E-state index in [0.717, 1.165) is 6.42 Å². The molecule has 2 aromatic rings. The van der Waals surface area contributed by atoms with Gasteiger partial charge in [-0.15, -0.1) is 0 Å². The van der Waals surface area contributed by atoms with Crippen LogP contribution in [0.5, 0.6) is 0 Å². The van der Waals surface area contributed by atoms with Gasteiger partial charge in [-0.2, -0.15) is 0 Å². The van der Waals surface area contributed by atoms with Gasteiger partial charge >= 0.3 is 0 Å². The zero-order valence-corrected chi connectivity index (χ0v) is 9.64. The van der Waals surface area contributed by atoms with E-state index in [9.17, 15) is 0 Å². The lowest BCUT2D eigenvalue weighted by atomic mass is 9.62. The predicted molar refractivity (Wildman–Crippen MR) is 69.2 cm³/mol. The molecule has 0 amide bonds. The predicted octanol–water partition coefficient (Wildman–Crippen LogP) is 2.99. The minimum Gasteiger partial charge on any atom is -0.327 e. The van der Waals surface area contributed by atoms with E-state index in [2.05, 4.69) is 48.5 Å². The fraction of sp³-hybridized carbons (Fsp3) is 0.250. The summed E-state index contributed by atoms with van der Waals surface area (Å²) in [6, 6.07) is 17.9. The fourth-order valence-corrected chi connectivity index (χ4v) is 3.68. The maximum Gasteiger partial charge on any atom is 0.0247 e. The van der Waals surface area contributed by atoms with Gasteiger partial charge in [0.2, 0.25) is 0 Å². The van der Waals surface area contributed by atoms with Crippen LogP contribution in [-0.4, -0.2) is 6.04 Å². The number of hydrogen-bond donors (Lipinski definition) is 1. The van der Waals surface area contributed by atoms with Crippen LogP contribution in [0, 0.1) is 0 Å². The quantitative estimate of drug-likeness (QED) is 0.727. The summed E-state index contributed by atoms with van der Waals surface area (Å²) in [5.41, 5.74) is 12.3. The van der Waals surface area contributed by atoms with Crippen molar-refractivity contribution < 1.29 is 0 Å². The first-order valence-electron chi connectivity index (χ1n) is 6.29. The molecule has 0 saturated carbocycles. The van der Waals surface area contributed by atoms with Crippen LogP contribution in [0.3, 0.4) is 0 Å². The van der Waals surface area contributed by atoms with E-state index in [1.165, 1.54) is 22.3 Å². The SMILES string of the molecule is N[C@@H]1CC2c3ccccc3C1c1ccccc12. The Morgan fingerprint density at radius 2 is 1.24 bits per heavy atom. The molecule has 3 aliphatic carbocycles. The van der Waals surface area contributed by atoms with Crippen LogP contribution in [0.2, 0.25) is 0 Å². The molecule has 1 atom stereocenters. The van der Waals surface area contributed by atoms with Crippen molar-refractivity contribution in [2.45, 2.75) is 24.3 Å². The van der Waals surface area contributed by atoms with Gasteiger partial charge in [-0.1, -0.05) is 48.5 Å². The minimum absolute atomic E-state index is 0.282. The molecule has 2 aromatic carbocycles. The zero-order valence-electron chi connectivity index (χ0n) is 9.64. The second kappa shape index (κ2) is 3.21. The van der Waals surface area contributed by atoms with Gasteiger partial charge in [0.05, 0.1) is 0 Å². The first-order chi connectivity index (χ1) is 8.36. The molecular formula is C16H15N. The van der Waals surface area contributed by atoms with Gasteiger partial charge in [0.1, 0.15) is 0 Å². The third kappa shape index (κ3) is 1.12. The van der Waals surface area contributed by atoms with Crippen molar-refractivity contribution in [3.63, 3.8) is 0 Å². The Kier molecular flexibility index (Phi) is 1.78. The summed E-state index contributed by atoms with van der Waals surface area (Å²) in [5.74, 6) is 0.926. The summed E-state index contributed by atoms with van der Waals surface area (Å²) in [4.78, 5) is 0. The number of rotatable bonds is 0. The number of hydrogen-bond acceptors (Lipinski definition) is 1. The van der Waals surface area contributed by atoms with Crippen molar-refractivity contribution in [1.82, 2.24) is 0 Å².